The number of carbonyl (C=O) groups is 1. The zero-order valence-corrected chi connectivity index (χ0v) is 14.4. The van der Waals surface area contributed by atoms with Crippen molar-refractivity contribution >= 4 is 22.4 Å². The van der Waals surface area contributed by atoms with Crippen molar-refractivity contribution < 1.29 is 4.79 Å². The lowest BCUT2D eigenvalue weighted by Gasteiger charge is -2.21. The largest absolute Gasteiger partial charge is 0.317 e. The number of benzene rings is 1. The second-order valence-corrected chi connectivity index (χ2v) is 6.95. The predicted molar refractivity (Wildman–Crippen MR) is 96.7 cm³/mol. The van der Waals surface area contributed by atoms with E-state index in [1.165, 1.54) is 11.3 Å². The summed E-state index contributed by atoms with van der Waals surface area (Å²) in [7, 11) is 0. The molecule has 1 amide bonds. The number of amides is 1. The maximum Gasteiger partial charge on any atom is 0.279 e. The summed E-state index contributed by atoms with van der Waals surface area (Å²) in [6, 6.07) is 10.3. The van der Waals surface area contributed by atoms with Gasteiger partial charge in [0, 0.05) is 6.20 Å². The molecule has 25 heavy (non-hydrogen) atoms. The van der Waals surface area contributed by atoms with Gasteiger partial charge in [-0.05, 0) is 31.5 Å². The Balaban J connectivity index is 1.44. The molecule has 0 aliphatic carbocycles. The first-order valence-corrected chi connectivity index (χ1v) is 9.06. The summed E-state index contributed by atoms with van der Waals surface area (Å²) in [5.41, 5.74) is 1.40. The van der Waals surface area contributed by atoms with Crippen molar-refractivity contribution in [2.75, 3.05) is 18.4 Å². The van der Waals surface area contributed by atoms with E-state index in [1.807, 2.05) is 30.3 Å². The zero-order valence-electron chi connectivity index (χ0n) is 13.6. The summed E-state index contributed by atoms with van der Waals surface area (Å²) in [4.78, 5) is 17.7. The lowest BCUT2D eigenvalue weighted by Crippen LogP contribution is -2.29. The van der Waals surface area contributed by atoms with E-state index in [4.69, 9.17) is 0 Å². The minimum Gasteiger partial charge on any atom is -0.317 e. The summed E-state index contributed by atoms with van der Waals surface area (Å²) < 4.78 is 1.80. The van der Waals surface area contributed by atoms with Gasteiger partial charge in [0.15, 0.2) is 10.8 Å². The van der Waals surface area contributed by atoms with Gasteiger partial charge in [0.05, 0.1) is 17.1 Å². The van der Waals surface area contributed by atoms with Gasteiger partial charge in [-0.1, -0.05) is 46.9 Å². The molecule has 1 fully saturated rings. The Kier molecular flexibility index (Phi) is 4.53. The molecule has 1 aromatic carbocycles. The molecule has 0 spiro atoms. The van der Waals surface area contributed by atoms with Crippen molar-refractivity contribution in [3.8, 4) is 10.4 Å². The highest BCUT2D eigenvalue weighted by atomic mass is 32.1. The standard InChI is InChI=1S/C17H18N6OS/c24-16(14-11-23(22-21-14)13-6-8-18-9-7-13)20-17-19-10-15(25-17)12-4-2-1-3-5-12/h1-5,10-11,13,18H,6-9H2,(H,19,20,24). The van der Waals surface area contributed by atoms with E-state index in [-0.39, 0.29) is 5.91 Å². The highest BCUT2D eigenvalue weighted by Crippen LogP contribution is 2.28. The first-order valence-electron chi connectivity index (χ1n) is 8.25. The van der Waals surface area contributed by atoms with Crippen LogP contribution < -0.4 is 10.6 Å². The smallest absolute Gasteiger partial charge is 0.279 e. The van der Waals surface area contributed by atoms with Crippen molar-refractivity contribution in [2.45, 2.75) is 18.9 Å². The third-order valence-corrected chi connectivity index (χ3v) is 5.17. The number of hydrogen-bond acceptors (Lipinski definition) is 6. The first kappa shape index (κ1) is 15.9. The van der Waals surface area contributed by atoms with Crippen LogP contribution >= 0.6 is 11.3 Å². The molecule has 0 unspecified atom stereocenters. The molecule has 2 N–H and O–H groups in total. The quantitative estimate of drug-likeness (QED) is 0.752. The van der Waals surface area contributed by atoms with Gasteiger partial charge in [0.2, 0.25) is 0 Å². The van der Waals surface area contributed by atoms with E-state index >= 15 is 0 Å². The predicted octanol–water partition coefficient (Wildman–Crippen LogP) is 2.58. The van der Waals surface area contributed by atoms with Gasteiger partial charge in [-0.3, -0.25) is 10.1 Å². The first-order chi connectivity index (χ1) is 12.3. The Bertz CT molecular complexity index is 853. The number of carbonyl (C=O) groups excluding carboxylic acids is 1. The third kappa shape index (κ3) is 3.59. The van der Waals surface area contributed by atoms with Crippen LogP contribution in [-0.4, -0.2) is 39.0 Å². The van der Waals surface area contributed by atoms with Crippen LogP contribution in [0.3, 0.4) is 0 Å². The van der Waals surface area contributed by atoms with Crippen LogP contribution in [0.1, 0.15) is 29.4 Å². The lowest BCUT2D eigenvalue weighted by molar-refractivity contribution is 0.102. The van der Waals surface area contributed by atoms with Crippen LogP contribution in [0.5, 0.6) is 0 Å². The molecule has 8 heteroatoms. The fourth-order valence-corrected chi connectivity index (χ4v) is 3.68. The van der Waals surface area contributed by atoms with Crippen molar-refractivity contribution in [3.63, 3.8) is 0 Å². The average molecular weight is 354 g/mol. The number of aromatic nitrogens is 4. The number of piperidine rings is 1. The second-order valence-electron chi connectivity index (χ2n) is 5.91. The highest BCUT2D eigenvalue weighted by molar-refractivity contribution is 7.19. The van der Waals surface area contributed by atoms with Crippen LogP contribution in [0.15, 0.2) is 42.7 Å². The molecular formula is C17H18N6OS. The maximum atomic E-state index is 12.4. The van der Waals surface area contributed by atoms with E-state index in [0.29, 0.717) is 16.9 Å². The Morgan fingerprint density at radius 1 is 1.24 bits per heavy atom. The van der Waals surface area contributed by atoms with Gasteiger partial charge in [-0.25, -0.2) is 9.67 Å². The average Bonchev–Trinajstić information content (AvgIpc) is 3.33. The van der Waals surface area contributed by atoms with Crippen LogP contribution in [0.25, 0.3) is 10.4 Å². The minimum absolute atomic E-state index is 0.283. The van der Waals surface area contributed by atoms with E-state index in [1.54, 1.807) is 17.1 Å². The third-order valence-electron chi connectivity index (χ3n) is 4.21. The number of nitrogens with one attached hydrogen (secondary N) is 2. The SMILES string of the molecule is O=C(Nc1ncc(-c2ccccc2)s1)c1cn(C2CCNCC2)nn1. The van der Waals surface area contributed by atoms with Crippen LogP contribution in [0, 0.1) is 0 Å². The zero-order chi connectivity index (χ0) is 17.1. The molecule has 3 heterocycles. The van der Waals surface area contributed by atoms with Crippen molar-refractivity contribution in [1.29, 1.82) is 0 Å². The highest BCUT2D eigenvalue weighted by Gasteiger charge is 2.19. The van der Waals surface area contributed by atoms with Crippen LogP contribution in [0.2, 0.25) is 0 Å². The molecule has 1 aliphatic heterocycles. The molecule has 1 saturated heterocycles. The molecule has 0 saturated carbocycles. The summed E-state index contributed by atoms with van der Waals surface area (Å²) >= 11 is 1.44. The second kappa shape index (κ2) is 7.12. The van der Waals surface area contributed by atoms with Crippen molar-refractivity contribution in [2.24, 2.45) is 0 Å². The Labute approximate surface area is 149 Å². The van der Waals surface area contributed by atoms with Gasteiger partial charge >= 0.3 is 0 Å². The molecule has 7 nitrogen and oxygen atoms in total. The summed E-state index contributed by atoms with van der Waals surface area (Å²) in [6.07, 6.45) is 5.48. The van der Waals surface area contributed by atoms with Gasteiger partial charge in [-0.15, -0.1) is 5.10 Å². The van der Waals surface area contributed by atoms with E-state index in [9.17, 15) is 4.79 Å². The summed E-state index contributed by atoms with van der Waals surface area (Å²) in [5.74, 6) is -0.283. The summed E-state index contributed by atoms with van der Waals surface area (Å²) in [5, 5.41) is 14.8. The fraction of sp³-hybridized carbons (Fsp3) is 0.294. The maximum absolute atomic E-state index is 12.4. The lowest BCUT2D eigenvalue weighted by atomic mass is 10.1. The molecular weight excluding hydrogens is 336 g/mol. The molecule has 0 bridgehead atoms. The number of anilines is 1. The Morgan fingerprint density at radius 2 is 2.04 bits per heavy atom. The van der Waals surface area contributed by atoms with Crippen molar-refractivity contribution in [1.82, 2.24) is 25.3 Å². The summed E-state index contributed by atoms with van der Waals surface area (Å²) in [6.45, 7) is 1.93. The molecule has 4 rings (SSSR count). The fourth-order valence-electron chi connectivity index (χ4n) is 2.86. The topological polar surface area (TPSA) is 84.7 Å². The number of nitrogens with zero attached hydrogens (tertiary/aromatic N) is 4. The van der Waals surface area contributed by atoms with Gasteiger partial charge in [0.1, 0.15) is 0 Å². The van der Waals surface area contributed by atoms with Gasteiger partial charge in [0.25, 0.3) is 5.91 Å². The normalized spacial score (nSPS) is 15.2. The van der Waals surface area contributed by atoms with E-state index in [2.05, 4.69) is 25.9 Å². The molecule has 1 aliphatic rings. The van der Waals surface area contributed by atoms with Gasteiger partial charge < -0.3 is 5.32 Å². The molecule has 128 valence electrons. The van der Waals surface area contributed by atoms with E-state index in [0.717, 1.165) is 36.4 Å². The molecule has 2 aromatic heterocycles. The Hall–Kier alpha value is -2.58. The van der Waals surface area contributed by atoms with Crippen LogP contribution in [0.4, 0.5) is 5.13 Å². The number of thiazole rings is 1. The van der Waals surface area contributed by atoms with Crippen molar-refractivity contribution in [3.05, 3.63) is 48.4 Å². The Morgan fingerprint density at radius 3 is 2.84 bits per heavy atom. The number of rotatable bonds is 4. The molecule has 3 aromatic rings. The monoisotopic (exact) mass is 354 g/mol. The van der Waals surface area contributed by atoms with Gasteiger partial charge in [-0.2, -0.15) is 0 Å². The molecule has 0 radical (unpaired) electrons. The van der Waals surface area contributed by atoms with Crippen LogP contribution in [-0.2, 0) is 0 Å². The van der Waals surface area contributed by atoms with E-state index < -0.39 is 0 Å². The molecule has 0 atom stereocenters. The minimum atomic E-state index is -0.283. The number of hydrogen-bond donors (Lipinski definition) is 2.